The van der Waals surface area contributed by atoms with E-state index < -0.39 is 43.5 Å². The molecule has 10 nitrogen and oxygen atoms in total. The van der Waals surface area contributed by atoms with E-state index in [2.05, 4.69) is 56.0 Å². The second-order valence-corrected chi connectivity index (χ2v) is 16.6. The Morgan fingerprint density at radius 3 is 2.56 bits per heavy atom. The molecular weight excluding hydrogens is 585 g/mol. The van der Waals surface area contributed by atoms with Gasteiger partial charge in [0, 0.05) is 49.2 Å². The zero-order valence-electron chi connectivity index (χ0n) is 25.1. The third-order valence-corrected chi connectivity index (χ3v) is 12.2. The van der Waals surface area contributed by atoms with Crippen molar-refractivity contribution < 1.29 is 32.1 Å². The van der Waals surface area contributed by atoms with Crippen molar-refractivity contribution in [3.63, 3.8) is 0 Å². The summed E-state index contributed by atoms with van der Waals surface area (Å²) in [7, 11) is -2.06. The molecule has 1 fully saturated rings. The molecule has 43 heavy (non-hydrogen) atoms. The first kappa shape index (κ1) is 34.0. The van der Waals surface area contributed by atoms with E-state index in [9.17, 15) is 32.9 Å². The standard InChI is InChI=1S/C29H37F3N4O6Si/c1-7-22-23(42-43(5,6)28(2,3)4)17-26(41-22)35-15-14-25(34-27(35)38)33-18-20-13-12-19(16-21(20)36(39)40)10-8-9-11-24(37)29(30,31)32/h12-16,22-23,26H,7,9,11,17-18H2,1-6H3,(H,33,34,38)/t22-,23?,26-/m1/s1. The van der Waals surface area contributed by atoms with Gasteiger partial charge in [0.25, 0.3) is 5.69 Å². The van der Waals surface area contributed by atoms with Crippen molar-refractivity contribution in [1.29, 1.82) is 0 Å². The lowest BCUT2D eigenvalue weighted by atomic mass is 10.1. The summed E-state index contributed by atoms with van der Waals surface area (Å²) in [6, 6.07) is 5.72. The Hall–Kier alpha value is -3.54. The fourth-order valence-electron chi connectivity index (χ4n) is 4.27. The largest absolute Gasteiger partial charge is 0.450 e. The summed E-state index contributed by atoms with van der Waals surface area (Å²) in [6.45, 7) is 12.9. The molecule has 0 amide bonds. The molecule has 0 aliphatic carbocycles. The number of rotatable bonds is 10. The molecule has 2 aromatic rings. The van der Waals surface area contributed by atoms with Crippen molar-refractivity contribution in [3.05, 3.63) is 62.2 Å². The third kappa shape index (κ3) is 8.74. The van der Waals surface area contributed by atoms with Gasteiger partial charge in [0.2, 0.25) is 5.78 Å². The summed E-state index contributed by atoms with van der Waals surface area (Å²) in [4.78, 5) is 39.0. The molecular formula is C29H37F3N4O6Si. The molecule has 0 bridgehead atoms. The van der Waals surface area contributed by atoms with Crippen LogP contribution in [0.1, 0.15) is 70.7 Å². The lowest BCUT2D eigenvalue weighted by Crippen LogP contribution is -2.45. The molecule has 1 aromatic heterocycles. The van der Waals surface area contributed by atoms with Crippen LogP contribution in [-0.4, -0.2) is 47.0 Å². The van der Waals surface area contributed by atoms with Crippen molar-refractivity contribution in [1.82, 2.24) is 9.55 Å². The van der Waals surface area contributed by atoms with Crippen LogP contribution in [0.15, 0.2) is 35.3 Å². The molecule has 1 saturated heterocycles. The number of aromatic nitrogens is 2. The van der Waals surface area contributed by atoms with Crippen LogP contribution in [0.3, 0.4) is 0 Å². The molecule has 1 unspecified atom stereocenters. The van der Waals surface area contributed by atoms with Gasteiger partial charge >= 0.3 is 11.9 Å². The van der Waals surface area contributed by atoms with Crippen LogP contribution in [-0.2, 0) is 20.5 Å². The number of carbonyl (C=O) groups excluding carboxylic acids is 1. The highest BCUT2D eigenvalue weighted by molar-refractivity contribution is 6.74. The summed E-state index contributed by atoms with van der Waals surface area (Å²) in [5.41, 5.74) is -0.309. The highest BCUT2D eigenvalue weighted by Crippen LogP contribution is 2.41. The van der Waals surface area contributed by atoms with E-state index in [1.165, 1.54) is 22.8 Å². The lowest BCUT2D eigenvalue weighted by molar-refractivity contribution is -0.385. The number of hydrogen-bond donors (Lipinski definition) is 1. The number of anilines is 1. The SMILES string of the molecule is CC[C@H]1O[C@@H](n2ccc(NCc3ccc(C#CCCC(=O)C(F)(F)F)cc3[N+](=O)[O-])nc2=O)CC1O[Si](C)(C)C(C)(C)C. The smallest absolute Gasteiger partial charge is 0.411 e. The first-order valence-corrected chi connectivity index (χ1v) is 16.9. The predicted molar refractivity (Wildman–Crippen MR) is 157 cm³/mol. The number of alkyl halides is 3. The van der Waals surface area contributed by atoms with E-state index in [1.807, 2.05) is 6.92 Å². The van der Waals surface area contributed by atoms with E-state index in [0.29, 0.717) is 6.42 Å². The highest BCUT2D eigenvalue weighted by atomic mass is 28.4. The van der Waals surface area contributed by atoms with E-state index >= 15 is 0 Å². The van der Waals surface area contributed by atoms with Crippen molar-refractivity contribution in [2.45, 2.75) is 103 Å². The number of benzene rings is 1. The Kier molecular flexibility index (Phi) is 10.6. The highest BCUT2D eigenvalue weighted by Gasteiger charge is 2.44. The fourth-order valence-corrected chi connectivity index (χ4v) is 5.63. The summed E-state index contributed by atoms with van der Waals surface area (Å²) in [5, 5.41) is 14.6. The van der Waals surface area contributed by atoms with Crippen molar-refractivity contribution >= 4 is 25.6 Å². The molecule has 0 radical (unpaired) electrons. The Bertz CT molecular complexity index is 1460. The van der Waals surface area contributed by atoms with Crippen LogP contribution in [0, 0.1) is 22.0 Å². The number of hydrogen-bond acceptors (Lipinski definition) is 8. The van der Waals surface area contributed by atoms with Crippen LogP contribution < -0.4 is 11.0 Å². The molecule has 3 rings (SSSR count). The number of nitro groups is 1. The number of carbonyl (C=O) groups is 1. The number of nitro benzene ring substituents is 1. The number of nitrogens with one attached hydrogen (secondary N) is 1. The van der Waals surface area contributed by atoms with E-state index in [0.717, 1.165) is 6.42 Å². The van der Waals surface area contributed by atoms with Crippen molar-refractivity contribution in [3.8, 4) is 11.8 Å². The average molecular weight is 623 g/mol. The van der Waals surface area contributed by atoms with Crippen LogP contribution in [0.4, 0.5) is 24.7 Å². The fraction of sp³-hybridized carbons (Fsp3) is 0.552. The number of nitrogens with zero attached hydrogens (tertiary/aromatic N) is 3. The zero-order chi connectivity index (χ0) is 32.2. The number of ether oxygens (including phenoxy) is 1. The van der Waals surface area contributed by atoms with Gasteiger partial charge in [0.1, 0.15) is 12.0 Å². The minimum atomic E-state index is -4.92. The lowest BCUT2D eigenvalue weighted by Gasteiger charge is -2.39. The van der Waals surface area contributed by atoms with Crippen LogP contribution in [0.25, 0.3) is 0 Å². The maximum Gasteiger partial charge on any atom is 0.450 e. The summed E-state index contributed by atoms with van der Waals surface area (Å²) < 4.78 is 51.1. The molecule has 234 valence electrons. The zero-order valence-corrected chi connectivity index (χ0v) is 26.1. The first-order valence-electron chi connectivity index (χ1n) is 14.0. The third-order valence-electron chi connectivity index (χ3n) is 7.74. The second kappa shape index (κ2) is 13.4. The monoisotopic (exact) mass is 622 g/mol. The number of Topliss-reactive ketones (excluding diaryl/α,β-unsaturated/α-hetero) is 1. The van der Waals surface area contributed by atoms with Crippen LogP contribution >= 0.6 is 0 Å². The van der Waals surface area contributed by atoms with Gasteiger partial charge in [-0.25, -0.2) is 4.79 Å². The molecule has 1 aliphatic heterocycles. The Balaban J connectivity index is 1.67. The van der Waals surface area contributed by atoms with Crippen LogP contribution in [0.2, 0.25) is 18.1 Å². The van der Waals surface area contributed by atoms with Crippen molar-refractivity contribution in [2.75, 3.05) is 5.32 Å². The predicted octanol–water partition coefficient (Wildman–Crippen LogP) is 6.11. The molecule has 0 saturated carbocycles. The maximum absolute atomic E-state index is 12.9. The maximum atomic E-state index is 12.9. The van der Waals surface area contributed by atoms with E-state index in [-0.39, 0.29) is 52.8 Å². The average Bonchev–Trinajstić information content (AvgIpc) is 3.30. The van der Waals surface area contributed by atoms with Crippen LogP contribution in [0.5, 0.6) is 0 Å². The first-order chi connectivity index (χ1) is 19.9. The van der Waals surface area contributed by atoms with E-state index in [1.54, 1.807) is 12.3 Å². The minimum absolute atomic E-state index is 0.0269. The molecule has 14 heteroatoms. The van der Waals surface area contributed by atoms with Gasteiger partial charge in [-0.15, -0.1) is 0 Å². The van der Waals surface area contributed by atoms with Gasteiger partial charge in [-0.1, -0.05) is 39.5 Å². The Labute approximate surface area is 249 Å². The van der Waals surface area contributed by atoms with E-state index in [4.69, 9.17) is 9.16 Å². The Morgan fingerprint density at radius 1 is 1.28 bits per heavy atom. The molecule has 1 aromatic carbocycles. The normalized spacial score (nSPS) is 19.0. The summed E-state index contributed by atoms with van der Waals surface area (Å²) in [6.07, 6.45) is -4.05. The Morgan fingerprint density at radius 2 is 1.98 bits per heavy atom. The number of halogens is 3. The van der Waals surface area contributed by atoms with Gasteiger partial charge in [-0.05, 0) is 42.8 Å². The minimum Gasteiger partial charge on any atom is -0.411 e. The molecule has 3 atom stereocenters. The molecule has 2 heterocycles. The molecule has 0 spiro atoms. The second-order valence-electron chi connectivity index (χ2n) is 11.9. The summed E-state index contributed by atoms with van der Waals surface area (Å²) >= 11 is 0. The topological polar surface area (TPSA) is 126 Å². The quantitative estimate of drug-likeness (QED) is 0.146. The van der Waals surface area contributed by atoms with Gasteiger partial charge in [0.05, 0.1) is 17.1 Å². The molecule has 1 N–H and O–H groups in total. The molecule has 1 aliphatic rings. The van der Waals surface area contributed by atoms with Gasteiger partial charge in [-0.3, -0.25) is 19.5 Å². The number of ketones is 1. The van der Waals surface area contributed by atoms with Gasteiger partial charge in [-0.2, -0.15) is 18.2 Å². The van der Waals surface area contributed by atoms with Gasteiger partial charge < -0.3 is 14.5 Å². The summed E-state index contributed by atoms with van der Waals surface area (Å²) in [5.74, 6) is 3.32. The van der Waals surface area contributed by atoms with Gasteiger partial charge in [0.15, 0.2) is 8.32 Å². The van der Waals surface area contributed by atoms with Crippen molar-refractivity contribution in [2.24, 2.45) is 0 Å².